The zero-order chi connectivity index (χ0) is 44.5. The molecule has 4 saturated heterocycles. The van der Waals surface area contributed by atoms with Crippen molar-refractivity contribution in [2.24, 2.45) is 5.92 Å². The number of imide groups is 2. The number of rotatable bonds is 12. The van der Waals surface area contributed by atoms with Crippen molar-refractivity contribution in [3.8, 4) is 11.3 Å². The summed E-state index contributed by atoms with van der Waals surface area (Å²) in [6.45, 7) is 12.7. The van der Waals surface area contributed by atoms with E-state index in [1.807, 2.05) is 38.1 Å². The smallest absolute Gasteiger partial charge is 0.317 e. The number of amides is 6. The Hall–Kier alpha value is -6.19. The third kappa shape index (κ3) is 9.36. The van der Waals surface area contributed by atoms with E-state index in [0.717, 1.165) is 97.1 Å². The first kappa shape index (κ1) is 43.1. The van der Waals surface area contributed by atoms with E-state index in [1.54, 1.807) is 23.2 Å². The molecule has 9 rings (SSSR count). The number of anilines is 3. The van der Waals surface area contributed by atoms with Gasteiger partial charge in [0.25, 0.3) is 11.8 Å². The quantitative estimate of drug-likeness (QED) is 0.143. The number of fused-ring (bicyclic) bond motifs is 1. The molecule has 1 unspecified atom stereocenters. The van der Waals surface area contributed by atoms with Gasteiger partial charge in [-0.3, -0.25) is 29.4 Å². The van der Waals surface area contributed by atoms with E-state index >= 15 is 0 Å². The maximum absolute atomic E-state index is 13.4. The lowest BCUT2D eigenvalue weighted by atomic mass is 9.88. The molecule has 1 atom stereocenters. The van der Waals surface area contributed by atoms with Gasteiger partial charge in [-0.15, -0.1) is 0 Å². The normalized spacial score (nSPS) is 20.1. The lowest BCUT2D eigenvalue weighted by molar-refractivity contribution is -0.136. The van der Waals surface area contributed by atoms with Crippen molar-refractivity contribution >= 4 is 47.0 Å². The lowest BCUT2D eigenvalue weighted by Gasteiger charge is -2.39. The van der Waals surface area contributed by atoms with Gasteiger partial charge < -0.3 is 30.1 Å². The minimum Gasteiger partial charge on any atom is -0.372 e. The molecule has 334 valence electrons. The number of carbonyl (C=O) groups excluding carboxylic acids is 5. The molecule has 64 heavy (non-hydrogen) atoms. The molecule has 0 spiro atoms. The molecule has 15 heteroatoms. The third-order valence-corrected chi connectivity index (χ3v) is 13.5. The molecule has 6 amide bonds. The number of nitrogens with one attached hydrogen (secondary N) is 3. The van der Waals surface area contributed by atoms with E-state index in [0.29, 0.717) is 48.5 Å². The van der Waals surface area contributed by atoms with E-state index < -0.39 is 23.8 Å². The maximum Gasteiger partial charge on any atom is 0.317 e. The average molecular weight is 868 g/mol. The van der Waals surface area contributed by atoms with Crippen LogP contribution in [0, 0.1) is 12.8 Å². The second kappa shape index (κ2) is 18.5. The SMILES string of the molecule is Cc1cc(-c2ccnc(Nc3ccc(C4CCN(CC5CCN(c6ccc7c(c6)C(=O)N(C6CCC(=O)NC6=O)C7=O)CC5)CC4)cc3)n2)ccc1CNC(=O)N1CC(OC(C)C)C1. The Morgan fingerprint density at radius 1 is 0.859 bits per heavy atom. The van der Waals surface area contributed by atoms with Crippen molar-refractivity contribution < 1.29 is 28.7 Å². The average Bonchev–Trinajstić information content (AvgIpc) is 3.52. The molecule has 0 bridgehead atoms. The van der Waals surface area contributed by atoms with Crippen molar-refractivity contribution in [3.05, 3.63) is 101 Å². The van der Waals surface area contributed by atoms with Crippen molar-refractivity contribution in [3.63, 3.8) is 0 Å². The molecule has 1 aromatic heterocycles. The first-order valence-electron chi connectivity index (χ1n) is 22.8. The highest BCUT2D eigenvalue weighted by atomic mass is 16.5. The van der Waals surface area contributed by atoms with Crippen molar-refractivity contribution in [2.75, 3.05) is 56.0 Å². The van der Waals surface area contributed by atoms with E-state index in [1.165, 1.54) is 5.56 Å². The molecule has 4 fully saturated rings. The Labute approximate surface area is 373 Å². The minimum atomic E-state index is -0.963. The van der Waals surface area contributed by atoms with Gasteiger partial charge in [-0.05, 0) is 137 Å². The minimum absolute atomic E-state index is 0.0695. The fraction of sp³-hybridized carbons (Fsp3) is 0.449. The van der Waals surface area contributed by atoms with Crippen molar-refractivity contribution in [1.29, 1.82) is 0 Å². The number of hydrogen-bond donors (Lipinski definition) is 3. The summed E-state index contributed by atoms with van der Waals surface area (Å²) in [5, 5.41) is 8.68. The van der Waals surface area contributed by atoms with Gasteiger partial charge >= 0.3 is 6.03 Å². The molecular formula is C49H57N9O6. The first-order chi connectivity index (χ1) is 30.9. The maximum atomic E-state index is 13.4. The van der Waals surface area contributed by atoms with E-state index in [9.17, 15) is 24.0 Å². The molecule has 5 aliphatic heterocycles. The predicted molar refractivity (Wildman–Crippen MR) is 242 cm³/mol. The molecule has 5 aliphatic rings. The summed E-state index contributed by atoms with van der Waals surface area (Å²) in [5.74, 6) is -0.289. The van der Waals surface area contributed by atoms with Crippen LogP contribution in [-0.2, 0) is 20.9 Å². The summed E-state index contributed by atoms with van der Waals surface area (Å²) in [6, 6.07) is 21.1. The van der Waals surface area contributed by atoms with Crippen LogP contribution >= 0.6 is 0 Å². The number of nitrogens with zero attached hydrogens (tertiary/aromatic N) is 6. The van der Waals surface area contributed by atoms with Crippen LogP contribution in [0.4, 0.5) is 22.1 Å². The number of urea groups is 1. The van der Waals surface area contributed by atoms with E-state index in [-0.39, 0.29) is 37.0 Å². The van der Waals surface area contributed by atoms with Gasteiger partial charge in [0.15, 0.2) is 0 Å². The Kier molecular flexibility index (Phi) is 12.5. The summed E-state index contributed by atoms with van der Waals surface area (Å²) in [5.41, 5.74) is 7.77. The summed E-state index contributed by atoms with van der Waals surface area (Å²) in [7, 11) is 0. The van der Waals surface area contributed by atoms with Crippen LogP contribution in [0.1, 0.15) is 95.7 Å². The highest BCUT2D eigenvalue weighted by Gasteiger charge is 2.45. The second-order valence-corrected chi connectivity index (χ2v) is 18.2. The van der Waals surface area contributed by atoms with E-state index in [4.69, 9.17) is 9.72 Å². The molecule has 15 nitrogen and oxygen atoms in total. The number of benzene rings is 3. The molecular weight excluding hydrogens is 811 g/mol. The highest BCUT2D eigenvalue weighted by molar-refractivity contribution is 6.23. The molecule has 0 aliphatic carbocycles. The molecule has 6 heterocycles. The van der Waals surface area contributed by atoms with Crippen LogP contribution in [0.25, 0.3) is 11.3 Å². The van der Waals surface area contributed by atoms with Gasteiger partial charge in [0.2, 0.25) is 17.8 Å². The molecule has 3 aromatic carbocycles. The number of ether oxygens (including phenoxy) is 1. The number of hydrogen-bond acceptors (Lipinski definition) is 11. The Morgan fingerprint density at radius 2 is 1.61 bits per heavy atom. The number of carbonyl (C=O) groups is 5. The number of piperidine rings is 3. The first-order valence-corrected chi connectivity index (χ1v) is 22.8. The summed E-state index contributed by atoms with van der Waals surface area (Å²) < 4.78 is 5.77. The zero-order valence-electron chi connectivity index (χ0n) is 36.8. The zero-order valence-corrected chi connectivity index (χ0v) is 36.8. The largest absolute Gasteiger partial charge is 0.372 e. The van der Waals surface area contributed by atoms with Gasteiger partial charge in [0, 0.05) is 55.7 Å². The molecule has 3 N–H and O–H groups in total. The van der Waals surface area contributed by atoms with Crippen molar-refractivity contribution in [1.82, 2.24) is 35.3 Å². The third-order valence-electron chi connectivity index (χ3n) is 13.5. The monoisotopic (exact) mass is 867 g/mol. The van der Waals surface area contributed by atoms with Crippen LogP contribution in [0.3, 0.4) is 0 Å². The Balaban J connectivity index is 0.711. The molecule has 0 saturated carbocycles. The summed E-state index contributed by atoms with van der Waals surface area (Å²) in [4.78, 5) is 80.2. The Bertz CT molecular complexity index is 2420. The fourth-order valence-corrected chi connectivity index (χ4v) is 9.80. The standard InChI is InChI=1S/C49H57N9O6/c1-30(2)64-39-28-57(29-39)49(63)51-26-36-5-4-35(24-31(36)3)42-14-19-50-48(53-42)52-37-8-6-33(7-9-37)34-17-20-55(21-18-34)27-32-15-22-56(23-16-32)38-10-11-40-41(25-38)47(62)58(46(40)61)43-12-13-44(59)54-45(43)60/h4-11,14,19,24-25,30,32,34,39,43H,12-13,15-18,20-23,26-29H2,1-3H3,(H,51,63)(H,50,52,53)(H,54,59,60). The predicted octanol–water partition coefficient (Wildman–Crippen LogP) is 6.01. The van der Waals surface area contributed by atoms with Crippen LogP contribution in [-0.4, -0.2) is 118 Å². The highest BCUT2D eigenvalue weighted by Crippen LogP contribution is 2.34. The summed E-state index contributed by atoms with van der Waals surface area (Å²) in [6.07, 6.45) is 6.63. The van der Waals surface area contributed by atoms with Gasteiger partial charge in [0.05, 0.1) is 42.1 Å². The van der Waals surface area contributed by atoms with E-state index in [2.05, 4.69) is 68.0 Å². The van der Waals surface area contributed by atoms with Crippen LogP contribution in [0.5, 0.6) is 0 Å². The number of likely N-dealkylation sites (tertiary alicyclic amines) is 2. The van der Waals surface area contributed by atoms with Crippen molar-refractivity contribution in [2.45, 2.75) is 90.0 Å². The van der Waals surface area contributed by atoms with Gasteiger partial charge in [-0.1, -0.05) is 24.3 Å². The fourth-order valence-electron chi connectivity index (χ4n) is 9.80. The molecule has 4 aromatic rings. The van der Waals surface area contributed by atoms with Crippen LogP contribution < -0.4 is 20.9 Å². The Morgan fingerprint density at radius 3 is 2.33 bits per heavy atom. The summed E-state index contributed by atoms with van der Waals surface area (Å²) >= 11 is 0. The number of aromatic nitrogens is 2. The molecule has 0 radical (unpaired) electrons. The van der Waals surface area contributed by atoms with Crippen LogP contribution in [0.15, 0.2) is 72.9 Å². The van der Waals surface area contributed by atoms with Gasteiger partial charge in [-0.2, -0.15) is 0 Å². The van der Waals surface area contributed by atoms with Gasteiger partial charge in [-0.25, -0.2) is 14.8 Å². The van der Waals surface area contributed by atoms with Crippen LogP contribution in [0.2, 0.25) is 0 Å². The topological polar surface area (TPSA) is 169 Å². The second-order valence-electron chi connectivity index (χ2n) is 18.2. The van der Waals surface area contributed by atoms with Gasteiger partial charge in [0.1, 0.15) is 6.04 Å². The number of aryl methyl sites for hydroxylation is 1. The lowest BCUT2D eigenvalue weighted by Crippen LogP contribution is -2.58.